The maximum Gasteiger partial charge on any atom is 0.343 e. The number of carbonyl (C=O) groups excluding carboxylic acids is 3. The maximum atomic E-state index is 12.9. The van der Waals surface area contributed by atoms with E-state index in [9.17, 15) is 14.4 Å². The topological polar surface area (TPSA) is 82.1 Å². The lowest BCUT2D eigenvalue weighted by molar-refractivity contribution is -0.123. The molecule has 0 saturated carbocycles. The van der Waals surface area contributed by atoms with E-state index < -0.39 is 5.97 Å². The Labute approximate surface area is 220 Å². The molecular weight excluding hydrogens is 490 g/mol. The average Bonchev–Trinajstić information content (AvgIpc) is 3.14. The molecule has 2 amide bonds. The Bertz CT molecular complexity index is 1330. The van der Waals surface area contributed by atoms with Gasteiger partial charge in [-0.3, -0.25) is 14.5 Å². The summed E-state index contributed by atoms with van der Waals surface area (Å²) in [6.45, 7) is 6.45. The van der Waals surface area contributed by atoms with E-state index in [0.29, 0.717) is 34.1 Å². The van der Waals surface area contributed by atoms with Gasteiger partial charge >= 0.3 is 5.97 Å². The van der Waals surface area contributed by atoms with Gasteiger partial charge in [-0.1, -0.05) is 41.5 Å². The number of aryl methyl sites for hydroxylation is 2. The van der Waals surface area contributed by atoms with E-state index in [4.69, 9.17) is 14.2 Å². The molecule has 0 aliphatic carbocycles. The van der Waals surface area contributed by atoms with Crippen molar-refractivity contribution in [3.05, 3.63) is 93.9 Å². The Kier molecular flexibility index (Phi) is 8.30. The number of esters is 1. The fraction of sp³-hybridized carbons (Fsp3) is 0.207. The molecule has 3 aromatic rings. The number of hydrogen-bond donors (Lipinski definition) is 0. The Morgan fingerprint density at radius 3 is 2.24 bits per heavy atom. The zero-order valence-corrected chi connectivity index (χ0v) is 21.7. The highest BCUT2D eigenvalue weighted by Gasteiger charge is 2.34. The molecule has 1 saturated heterocycles. The van der Waals surface area contributed by atoms with Gasteiger partial charge in [0.2, 0.25) is 0 Å². The smallest absolute Gasteiger partial charge is 0.343 e. The van der Waals surface area contributed by atoms with Crippen molar-refractivity contribution in [2.24, 2.45) is 0 Å². The molecule has 1 heterocycles. The summed E-state index contributed by atoms with van der Waals surface area (Å²) < 4.78 is 16.9. The van der Waals surface area contributed by atoms with Crippen LogP contribution in [0.5, 0.6) is 17.2 Å². The Hall–Kier alpha value is -4.04. The molecule has 0 N–H and O–H groups in total. The van der Waals surface area contributed by atoms with Crippen LogP contribution in [0.3, 0.4) is 0 Å². The highest BCUT2D eigenvalue weighted by Crippen LogP contribution is 2.35. The SMILES string of the molecule is CCOc1cc(/C=C2\SC(=O)N(CCOc3ccc(C)cc3)C2=O)ccc1OC(=O)c1ccc(C)cc1. The van der Waals surface area contributed by atoms with Gasteiger partial charge in [0.25, 0.3) is 11.1 Å². The Balaban J connectivity index is 1.44. The molecular formula is C29H27NO6S. The molecule has 8 heteroatoms. The van der Waals surface area contributed by atoms with E-state index in [-0.39, 0.29) is 30.0 Å². The van der Waals surface area contributed by atoms with Crippen molar-refractivity contribution in [2.75, 3.05) is 19.8 Å². The number of imide groups is 1. The van der Waals surface area contributed by atoms with Crippen LogP contribution in [0.2, 0.25) is 0 Å². The van der Waals surface area contributed by atoms with Crippen LogP contribution in [0.1, 0.15) is 34.0 Å². The van der Waals surface area contributed by atoms with Crippen molar-refractivity contribution in [3.63, 3.8) is 0 Å². The molecule has 0 atom stereocenters. The van der Waals surface area contributed by atoms with E-state index >= 15 is 0 Å². The van der Waals surface area contributed by atoms with Crippen LogP contribution in [-0.2, 0) is 4.79 Å². The highest BCUT2D eigenvalue weighted by atomic mass is 32.2. The third-order valence-corrected chi connectivity index (χ3v) is 6.44. The highest BCUT2D eigenvalue weighted by molar-refractivity contribution is 8.18. The zero-order valence-electron chi connectivity index (χ0n) is 20.9. The van der Waals surface area contributed by atoms with E-state index in [0.717, 1.165) is 22.9 Å². The number of amides is 2. The van der Waals surface area contributed by atoms with E-state index in [1.807, 2.05) is 57.2 Å². The van der Waals surface area contributed by atoms with E-state index in [2.05, 4.69) is 0 Å². The number of thioether (sulfide) groups is 1. The fourth-order valence-electron chi connectivity index (χ4n) is 3.55. The maximum absolute atomic E-state index is 12.9. The van der Waals surface area contributed by atoms with Crippen molar-refractivity contribution < 1.29 is 28.6 Å². The number of carbonyl (C=O) groups is 3. The van der Waals surface area contributed by atoms with Gasteiger partial charge in [-0.05, 0) is 80.6 Å². The van der Waals surface area contributed by atoms with Crippen LogP contribution < -0.4 is 14.2 Å². The van der Waals surface area contributed by atoms with Gasteiger partial charge in [-0.25, -0.2) is 4.79 Å². The monoisotopic (exact) mass is 517 g/mol. The third-order valence-electron chi connectivity index (χ3n) is 5.53. The molecule has 1 fully saturated rings. The summed E-state index contributed by atoms with van der Waals surface area (Å²) in [6, 6.07) is 19.6. The molecule has 7 nitrogen and oxygen atoms in total. The summed E-state index contributed by atoms with van der Waals surface area (Å²) in [5.74, 6) is 0.436. The number of nitrogens with zero attached hydrogens (tertiary/aromatic N) is 1. The first-order chi connectivity index (χ1) is 17.8. The summed E-state index contributed by atoms with van der Waals surface area (Å²) in [5.41, 5.74) is 3.23. The quantitative estimate of drug-likeness (QED) is 0.195. The van der Waals surface area contributed by atoms with Crippen LogP contribution >= 0.6 is 11.8 Å². The minimum atomic E-state index is -0.498. The lowest BCUT2D eigenvalue weighted by Gasteiger charge is -2.13. The minimum Gasteiger partial charge on any atom is -0.492 e. The summed E-state index contributed by atoms with van der Waals surface area (Å²) in [7, 11) is 0. The standard InChI is InChI=1S/C29H27NO6S/c1-4-34-25-17-21(9-14-24(25)36-28(32)22-10-5-19(2)6-11-22)18-26-27(31)30(29(33)37-26)15-16-35-23-12-7-20(3)8-13-23/h5-14,17-18H,4,15-16H2,1-3H3/b26-18-. The molecule has 0 radical (unpaired) electrons. The Morgan fingerprint density at radius 2 is 1.57 bits per heavy atom. The number of benzene rings is 3. The first-order valence-electron chi connectivity index (χ1n) is 11.8. The van der Waals surface area contributed by atoms with Crippen LogP contribution in [0.25, 0.3) is 6.08 Å². The van der Waals surface area contributed by atoms with Crippen LogP contribution in [-0.4, -0.2) is 41.8 Å². The van der Waals surface area contributed by atoms with Crippen molar-refractivity contribution in [3.8, 4) is 17.2 Å². The lowest BCUT2D eigenvalue weighted by atomic mass is 10.1. The fourth-order valence-corrected chi connectivity index (χ4v) is 4.41. The molecule has 0 bridgehead atoms. The normalized spacial score (nSPS) is 14.2. The van der Waals surface area contributed by atoms with Crippen molar-refractivity contribution in [1.29, 1.82) is 0 Å². The molecule has 1 aliphatic rings. The number of ether oxygens (including phenoxy) is 3. The largest absolute Gasteiger partial charge is 0.492 e. The van der Waals surface area contributed by atoms with Crippen molar-refractivity contribution in [2.45, 2.75) is 20.8 Å². The molecule has 0 unspecified atom stereocenters. The van der Waals surface area contributed by atoms with Crippen LogP contribution in [0.15, 0.2) is 71.6 Å². The predicted molar refractivity (Wildman–Crippen MR) is 143 cm³/mol. The van der Waals surface area contributed by atoms with Crippen LogP contribution in [0.4, 0.5) is 4.79 Å². The number of rotatable bonds is 9. The first-order valence-corrected chi connectivity index (χ1v) is 12.7. The van der Waals surface area contributed by atoms with Gasteiger partial charge in [-0.2, -0.15) is 0 Å². The van der Waals surface area contributed by atoms with Gasteiger partial charge in [0.15, 0.2) is 11.5 Å². The predicted octanol–water partition coefficient (Wildman–Crippen LogP) is 6.04. The van der Waals surface area contributed by atoms with Crippen molar-refractivity contribution in [1.82, 2.24) is 4.90 Å². The average molecular weight is 518 g/mol. The number of hydrogen-bond acceptors (Lipinski definition) is 7. The third kappa shape index (κ3) is 6.59. The first kappa shape index (κ1) is 26.0. The van der Waals surface area contributed by atoms with Gasteiger partial charge in [0.1, 0.15) is 12.4 Å². The van der Waals surface area contributed by atoms with Gasteiger partial charge in [0, 0.05) is 0 Å². The zero-order chi connectivity index (χ0) is 26.4. The summed E-state index contributed by atoms with van der Waals surface area (Å²) in [6.07, 6.45) is 1.62. The molecule has 37 heavy (non-hydrogen) atoms. The van der Waals surface area contributed by atoms with Crippen LogP contribution in [0, 0.1) is 13.8 Å². The second kappa shape index (κ2) is 11.8. The van der Waals surface area contributed by atoms with Crippen molar-refractivity contribution >= 4 is 35.0 Å². The summed E-state index contributed by atoms with van der Waals surface area (Å²) >= 11 is 0.874. The van der Waals surface area contributed by atoms with E-state index in [1.165, 1.54) is 4.90 Å². The summed E-state index contributed by atoms with van der Waals surface area (Å²) in [5, 5.41) is -0.350. The second-order valence-electron chi connectivity index (χ2n) is 8.39. The molecule has 190 valence electrons. The molecule has 0 aromatic heterocycles. The van der Waals surface area contributed by atoms with E-state index in [1.54, 1.807) is 36.4 Å². The summed E-state index contributed by atoms with van der Waals surface area (Å²) in [4.78, 5) is 39.4. The second-order valence-corrected chi connectivity index (χ2v) is 9.38. The molecule has 1 aliphatic heterocycles. The molecule has 3 aromatic carbocycles. The molecule has 0 spiro atoms. The van der Waals surface area contributed by atoms with Gasteiger partial charge in [-0.15, -0.1) is 0 Å². The minimum absolute atomic E-state index is 0.147. The molecule has 4 rings (SSSR count). The lowest BCUT2D eigenvalue weighted by Crippen LogP contribution is -2.32. The Morgan fingerprint density at radius 1 is 0.892 bits per heavy atom. The van der Waals surface area contributed by atoms with Gasteiger partial charge in [0.05, 0.1) is 23.6 Å². The van der Waals surface area contributed by atoms with Gasteiger partial charge < -0.3 is 14.2 Å².